The third-order valence-electron chi connectivity index (χ3n) is 7.35. The Kier molecular flexibility index (Phi) is 7.68. The number of fused-ring (bicyclic) bond motifs is 1. The van der Waals surface area contributed by atoms with Crippen molar-refractivity contribution in [3.63, 3.8) is 0 Å². The van der Waals surface area contributed by atoms with Crippen LogP contribution in [-0.4, -0.2) is 75.7 Å². The number of hydrogen-bond acceptors (Lipinski definition) is 6. The normalized spacial score (nSPS) is 20.5. The predicted octanol–water partition coefficient (Wildman–Crippen LogP) is 3.86. The van der Waals surface area contributed by atoms with Gasteiger partial charge in [-0.2, -0.15) is 0 Å². The molecule has 0 spiro atoms. The van der Waals surface area contributed by atoms with Crippen molar-refractivity contribution in [2.45, 2.75) is 19.5 Å². The first-order valence-corrected chi connectivity index (χ1v) is 13.5. The van der Waals surface area contributed by atoms with Gasteiger partial charge in [-0.05, 0) is 46.9 Å². The van der Waals surface area contributed by atoms with E-state index in [1.54, 1.807) is 51.3 Å². The number of rotatable bonds is 10. The third kappa shape index (κ3) is 6.80. The second-order valence-electron chi connectivity index (χ2n) is 10.3. The SMILES string of the molecule is CN(Cc1cccs1)C(=O)CN1CC2C(C1)C2CN(Cc1cccc(OC(F)(F)F)c1)C(=O)c1cn(C)cn1. The van der Waals surface area contributed by atoms with Crippen LogP contribution in [-0.2, 0) is 24.9 Å². The van der Waals surface area contributed by atoms with Crippen molar-refractivity contribution in [3.8, 4) is 5.75 Å². The number of thiophene rings is 1. The summed E-state index contributed by atoms with van der Waals surface area (Å²) >= 11 is 1.63. The summed E-state index contributed by atoms with van der Waals surface area (Å²) in [7, 11) is 3.59. The standard InChI is InChI=1S/C27H30F3N5O3S/c1-32-15-24(31-17-32)26(37)35(10-18-5-3-6-19(9-18)38-27(28,29)30)14-23-21-12-34(13-22(21)23)16-25(36)33(2)11-20-7-4-8-39-20/h3-9,15,17,21-23H,10-14,16H2,1-2H3. The first-order valence-electron chi connectivity index (χ1n) is 12.7. The number of piperidine rings is 1. The van der Waals surface area contributed by atoms with Gasteiger partial charge in [0.05, 0.1) is 19.4 Å². The number of benzene rings is 1. The molecule has 8 nitrogen and oxygen atoms in total. The first kappa shape index (κ1) is 27.2. The van der Waals surface area contributed by atoms with Crippen molar-refractivity contribution < 1.29 is 27.5 Å². The van der Waals surface area contributed by atoms with Crippen molar-refractivity contribution >= 4 is 23.2 Å². The number of alkyl halides is 3. The lowest BCUT2D eigenvalue weighted by atomic mass is 10.1. The number of nitrogens with zero attached hydrogens (tertiary/aromatic N) is 5. The fourth-order valence-electron chi connectivity index (χ4n) is 5.39. The van der Waals surface area contributed by atoms with Gasteiger partial charge < -0.3 is 19.1 Å². The van der Waals surface area contributed by atoms with Gasteiger partial charge in [-0.1, -0.05) is 18.2 Å². The van der Waals surface area contributed by atoms with E-state index in [9.17, 15) is 22.8 Å². The van der Waals surface area contributed by atoms with E-state index in [4.69, 9.17) is 0 Å². The molecule has 1 aliphatic carbocycles. The average Bonchev–Trinajstić information content (AvgIpc) is 3.36. The highest BCUT2D eigenvalue weighted by atomic mass is 32.1. The number of carbonyl (C=O) groups is 2. The Morgan fingerprint density at radius 3 is 2.56 bits per heavy atom. The van der Waals surface area contributed by atoms with Crippen LogP contribution in [0.3, 0.4) is 0 Å². The maximum atomic E-state index is 13.4. The third-order valence-corrected chi connectivity index (χ3v) is 8.21. The molecule has 1 saturated heterocycles. The lowest BCUT2D eigenvalue weighted by molar-refractivity contribution is -0.274. The highest BCUT2D eigenvalue weighted by molar-refractivity contribution is 7.09. The van der Waals surface area contributed by atoms with Crippen molar-refractivity contribution in [1.82, 2.24) is 24.3 Å². The maximum absolute atomic E-state index is 13.4. The molecule has 12 heteroatoms. The number of aromatic nitrogens is 2. The van der Waals surface area contributed by atoms with Crippen LogP contribution in [0.1, 0.15) is 20.9 Å². The van der Waals surface area contributed by atoms with Gasteiger partial charge in [0.2, 0.25) is 5.91 Å². The molecule has 2 amide bonds. The summed E-state index contributed by atoms with van der Waals surface area (Å²) in [5.74, 6) is 0.498. The van der Waals surface area contributed by atoms with E-state index < -0.39 is 6.36 Å². The van der Waals surface area contributed by atoms with Gasteiger partial charge in [0.25, 0.3) is 5.91 Å². The molecule has 0 N–H and O–H groups in total. The predicted molar refractivity (Wildman–Crippen MR) is 139 cm³/mol. The largest absolute Gasteiger partial charge is 0.573 e. The average molecular weight is 562 g/mol. The quantitative estimate of drug-likeness (QED) is 0.376. The van der Waals surface area contributed by atoms with E-state index in [1.807, 2.05) is 24.6 Å². The van der Waals surface area contributed by atoms with E-state index in [0.29, 0.717) is 37.0 Å². The van der Waals surface area contributed by atoms with Gasteiger partial charge in [-0.15, -0.1) is 24.5 Å². The molecular formula is C27H30F3N5O3S. The minimum atomic E-state index is -4.79. The molecule has 1 saturated carbocycles. The van der Waals surface area contributed by atoms with Crippen molar-refractivity contribution in [1.29, 1.82) is 0 Å². The van der Waals surface area contributed by atoms with Gasteiger partial charge in [-0.25, -0.2) is 4.98 Å². The lowest BCUT2D eigenvalue weighted by Crippen LogP contribution is -2.39. The number of carbonyl (C=O) groups excluding carboxylic acids is 2. The highest BCUT2D eigenvalue weighted by Crippen LogP contribution is 2.52. The Labute approximate surface area is 228 Å². The summed E-state index contributed by atoms with van der Waals surface area (Å²) in [6.45, 7) is 3.14. The summed E-state index contributed by atoms with van der Waals surface area (Å²) < 4.78 is 43.9. The van der Waals surface area contributed by atoms with Gasteiger partial charge >= 0.3 is 6.36 Å². The number of halogens is 3. The Morgan fingerprint density at radius 1 is 1.15 bits per heavy atom. The molecule has 2 aliphatic rings. The van der Waals surface area contributed by atoms with Crippen LogP contribution < -0.4 is 4.74 Å². The zero-order chi connectivity index (χ0) is 27.7. The maximum Gasteiger partial charge on any atom is 0.573 e. The molecule has 1 aliphatic heterocycles. The van der Waals surface area contributed by atoms with Gasteiger partial charge in [0.1, 0.15) is 11.4 Å². The summed E-state index contributed by atoms with van der Waals surface area (Å²) in [5.41, 5.74) is 0.819. The molecule has 5 rings (SSSR count). The Bertz CT molecular complexity index is 1300. The van der Waals surface area contributed by atoms with Gasteiger partial charge in [0.15, 0.2) is 0 Å². The molecule has 3 heterocycles. The van der Waals surface area contributed by atoms with Crippen LogP contribution in [0.2, 0.25) is 0 Å². The summed E-state index contributed by atoms with van der Waals surface area (Å²) in [5, 5.41) is 2.00. The Morgan fingerprint density at radius 2 is 1.92 bits per heavy atom. The minimum Gasteiger partial charge on any atom is -0.406 e. The van der Waals surface area contributed by atoms with Crippen LogP contribution in [0, 0.1) is 17.8 Å². The topological polar surface area (TPSA) is 70.9 Å². The van der Waals surface area contributed by atoms with Gasteiger partial charge in [-0.3, -0.25) is 14.5 Å². The monoisotopic (exact) mass is 561 g/mol. The fourth-order valence-corrected chi connectivity index (χ4v) is 6.15. The smallest absolute Gasteiger partial charge is 0.406 e. The number of amides is 2. The lowest BCUT2D eigenvalue weighted by Gasteiger charge is -2.26. The molecule has 0 bridgehead atoms. The number of imidazole rings is 1. The van der Waals surface area contributed by atoms with E-state index in [0.717, 1.165) is 18.0 Å². The molecule has 208 valence electrons. The number of hydrogen-bond donors (Lipinski definition) is 0. The zero-order valence-corrected chi connectivity index (χ0v) is 22.5. The number of likely N-dealkylation sites (N-methyl/N-ethyl adjacent to an activating group) is 1. The van der Waals surface area contributed by atoms with Crippen LogP contribution in [0.5, 0.6) is 5.75 Å². The van der Waals surface area contributed by atoms with E-state index >= 15 is 0 Å². The van der Waals surface area contributed by atoms with Crippen molar-refractivity contribution in [3.05, 3.63) is 70.4 Å². The molecule has 39 heavy (non-hydrogen) atoms. The van der Waals surface area contributed by atoms with Crippen molar-refractivity contribution in [2.75, 3.05) is 33.2 Å². The number of likely N-dealkylation sites (tertiary alicyclic amines) is 1. The second kappa shape index (κ2) is 11.0. The minimum absolute atomic E-state index is 0.0779. The number of aryl methyl sites for hydroxylation is 1. The second-order valence-corrected chi connectivity index (χ2v) is 11.4. The van der Waals surface area contributed by atoms with Crippen LogP contribution in [0.15, 0.2) is 54.3 Å². The van der Waals surface area contributed by atoms with Crippen LogP contribution in [0.25, 0.3) is 0 Å². The Hall–Kier alpha value is -3.38. The molecule has 3 aromatic rings. The summed E-state index contributed by atoms with van der Waals surface area (Å²) in [4.78, 5) is 37.0. The zero-order valence-electron chi connectivity index (χ0n) is 21.7. The van der Waals surface area contributed by atoms with E-state index in [1.165, 1.54) is 18.2 Å². The summed E-state index contributed by atoms with van der Waals surface area (Å²) in [6, 6.07) is 9.69. The van der Waals surface area contributed by atoms with Crippen LogP contribution in [0.4, 0.5) is 13.2 Å². The van der Waals surface area contributed by atoms with Crippen molar-refractivity contribution in [2.24, 2.45) is 24.8 Å². The molecule has 0 radical (unpaired) electrons. The first-order chi connectivity index (χ1) is 18.6. The van der Waals surface area contributed by atoms with Gasteiger partial charge in [0, 0.05) is 51.3 Å². The molecule has 2 fully saturated rings. The van der Waals surface area contributed by atoms with Crippen LogP contribution >= 0.6 is 11.3 Å². The van der Waals surface area contributed by atoms with E-state index in [2.05, 4.69) is 14.6 Å². The molecule has 1 aromatic carbocycles. The molecule has 2 atom stereocenters. The Balaban J connectivity index is 1.20. The molecular weight excluding hydrogens is 531 g/mol. The summed E-state index contributed by atoms with van der Waals surface area (Å²) in [6.07, 6.45) is -1.62. The molecule has 2 unspecified atom stereocenters. The number of ether oxygens (including phenoxy) is 1. The van der Waals surface area contributed by atoms with E-state index in [-0.39, 0.29) is 35.7 Å². The highest BCUT2D eigenvalue weighted by Gasteiger charge is 2.56. The fraction of sp³-hybridized carbons (Fsp3) is 0.444. The molecule has 2 aromatic heterocycles.